The van der Waals surface area contributed by atoms with Gasteiger partial charge in [0.1, 0.15) is 5.82 Å². The van der Waals surface area contributed by atoms with Crippen LogP contribution in [-0.4, -0.2) is 30.2 Å². The Labute approximate surface area is 182 Å². The Morgan fingerprint density at radius 1 is 1.20 bits per heavy atom. The third-order valence-electron chi connectivity index (χ3n) is 4.72. The molecule has 0 spiro atoms. The Morgan fingerprint density at radius 3 is 2.70 bits per heavy atom. The van der Waals surface area contributed by atoms with E-state index in [1.807, 2.05) is 0 Å². The van der Waals surface area contributed by atoms with Gasteiger partial charge >= 0.3 is 0 Å². The van der Waals surface area contributed by atoms with Crippen LogP contribution >= 0.6 is 22.9 Å². The summed E-state index contributed by atoms with van der Waals surface area (Å²) in [5, 5.41) is 3.21. The van der Waals surface area contributed by atoms with Crippen LogP contribution in [0.5, 0.6) is 0 Å². The lowest BCUT2D eigenvalue weighted by Crippen LogP contribution is -2.35. The average molecular weight is 466 g/mol. The second-order valence-corrected chi connectivity index (χ2v) is 10.1. The topological polar surface area (TPSA) is 79.4 Å². The van der Waals surface area contributed by atoms with Gasteiger partial charge in [0.15, 0.2) is 5.13 Å². The van der Waals surface area contributed by atoms with Crippen molar-refractivity contribution in [1.82, 2.24) is 9.29 Å². The third kappa shape index (κ3) is 4.24. The minimum atomic E-state index is -3.60. The van der Waals surface area contributed by atoms with Gasteiger partial charge in [0.25, 0.3) is 0 Å². The van der Waals surface area contributed by atoms with E-state index in [-0.39, 0.29) is 28.4 Å². The molecule has 156 valence electrons. The summed E-state index contributed by atoms with van der Waals surface area (Å²) in [6.45, 7) is 0.505. The maximum Gasteiger partial charge on any atom is 0.243 e. The first-order chi connectivity index (χ1) is 14.3. The van der Waals surface area contributed by atoms with E-state index in [4.69, 9.17) is 11.6 Å². The summed E-state index contributed by atoms with van der Waals surface area (Å²) < 4.78 is 41.0. The molecule has 0 saturated carbocycles. The monoisotopic (exact) mass is 465 g/mol. The summed E-state index contributed by atoms with van der Waals surface area (Å²) in [5.41, 5.74) is 0.886. The Kier molecular flexibility index (Phi) is 5.88. The molecule has 1 aliphatic heterocycles. The van der Waals surface area contributed by atoms with Crippen LogP contribution in [0.15, 0.2) is 53.4 Å². The lowest BCUT2D eigenvalue weighted by molar-refractivity contribution is -0.115. The van der Waals surface area contributed by atoms with Crippen molar-refractivity contribution in [3.05, 3.63) is 75.5 Å². The largest absolute Gasteiger partial charge is 0.302 e. The smallest absolute Gasteiger partial charge is 0.243 e. The van der Waals surface area contributed by atoms with Crippen LogP contribution in [0.4, 0.5) is 9.52 Å². The molecule has 0 unspecified atom stereocenters. The van der Waals surface area contributed by atoms with Crippen LogP contribution < -0.4 is 5.32 Å². The predicted molar refractivity (Wildman–Crippen MR) is 114 cm³/mol. The predicted octanol–water partition coefficient (Wildman–Crippen LogP) is 3.86. The van der Waals surface area contributed by atoms with E-state index in [0.717, 1.165) is 10.6 Å². The van der Waals surface area contributed by atoms with Crippen molar-refractivity contribution >= 4 is 44.0 Å². The second kappa shape index (κ2) is 8.43. The highest BCUT2D eigenvalue weighted by atomic mass is 35.5. The van der Waals surface area contributed by atoms with Gasteiger partial charge in [0, 0.05) is 28.4 Å². The minimum absolute atomic E-state index is 0.123. The van der Waals surface area contributed by atoms with E-state index in [1.165, 1.54) is 33.8 Å². The normalized spacial score (nSPS) is 14.3. The van der Waals surface area contributed by atoms with E-state index in [2.05, 4.69) is 10.3 Å². The number of carbonyl (C=O) groups excluding carboxylic acids is 1. The molecule has 0 atom stereocenters. The summed E-state index contributed by atoms with van der Waals surface area (Å²) >= 11 is 7.19. The molecule has 30 heavy (non-hydrogen) atoms. The summed E-state index contributed by atoms with van der Waals surface area (Å²) in [5.74, 6) is -0.986. The van der Waals surface area contributed by atoms with Gasteiger partial charge in [-0.15, -0.1) is 11.3 Å². The van der Waals surface area contributed by atoms with Crippen LogP contribution in [0, 0.1) is 5.82 Å². The van der Waals surface area contributed by atoms with Crippen molar-refractivity contribution in [3.8, 4) is 0 Å². The highest BCUT2D eigenvalue weighted by molar-refractivity contribution is 7.89. The molecule has 0 aliphatic carbocycles. The number of carbonyl (C=O) groups is 1. The number of hydrogen-bond acceptors (Lipinski definition) is 5. The van der Waals surface area contributed by atoms with Crippen molar-refractivity contribution in [2.75, 3.05) is 11.9 Å². The minimum Gasteiger partial charge on any atom is -0.302 e. The first kappa shape index (κ1) is 20.9. The summed E-state index contributed by atoms with van der Waals surface area (Å²) in [4.78, 5) is 17.8. The Hall–Kier alpha value is -2.33. The number of sulfonamides is 1. The van der Waals surface area contributed by atoms with Crippen molar-refractivity contribution < 1.29 is 17.6 Å². The molecule has 0 saturated heterocycles. The van der Waals surface area contributed by atoms with E-state index < -0.39 is 21.7 Å². The lowest BCUT2D eigenvalue weighted by atomic mass is 10.1. The van der Waals surface area contributed by atoms with Crippen LogP contribution in [0.3, 0.4) is 0 Å². The first-order valence-corrected chi connectivity index (χ1v) is 11.7. The number of benzene rings is 2. The average Bonchev–Trinajstić information content (AvgIpc) is 3.13. The Balaban J connectivity index is 1.47. The highest BCUT2D eigenvalue weighted by Crippen LogP contribution is 2.31. The van der Waals surface area contributed by atoms with Gasteiger partial charge in [-0.2, -0.15) is 4.31 Å². The fourth-order valence-corrected chi connectivity index (χ4v) is 5.98. The molecule has 1 aliphatic rings. The molecule has 2 aromatic carbocycles. The highest BCUT2D eigenvalue weighted by Gasteiger charge is 2.30. The maximum absolute atomic E-state index is 13.9. The molecule has 1 N–H and O–H groups in total. The van der Waals surface area contributed by atoms with Gasteiger partial charge in [-0.3, -0.25) is 4.79 Å². The van der Waals surface area contributed by atoms with Gasteiger partial charge in [0.05, 0.1) is 23.6 Å². The number of halogens is 2. The van der Waals surface area contributed by atoms with Crippen LogP contribution in [-0.2, 0) is 34.2 Å². The van der Waals surface area contributed by atoms with Gasteiger partial charge < -0.3 is 5.32 Å². The molecular formula is C20H17ClFN3O3S2. The molecule has 1 amide bonds. The van der Waals surface area contributed by atoms with Crippen molar-refractivity contribution in [2.45, 2.75) is 24.3 Å². The molecule has 1 aromatic heterocycles. The van der Waals surface area contributed by atoms with Crippen LogP contribution in [0.1, 0.15) is 16.1 Å². The molecule has 10 heteroatoms. The number of nitrogens with zero attached hydrogens (tertiary/aromatic N) is 2. The van der Waals surface area contributed by atoms with Gasteiger partial charge in [0.2, 0.25) is 15.9 Å². The number of fused-ring (bicyclic) bond motifs is 1. The Morgan fingerprint density at radius 2 is 1.97 bits per heavy atom. The molecule has 0 bridgehead atoms. The fraction of sp³-hybridized carbons (Fsp3) is 0.200. The molecule has 2 heterocycles. The third-order valence-corrected chi connectivity index (χ3v) is 7.93. The fourth-order valence-electron chi connectivity index (χ4n) is 3.20. The van der Waals surface area contributed by atoms with Crippen molar-refractivity contribution in [1.29, 1.82) is 0 Å². The number of rotatable bonds is 5. The van der Waals surface area contributed by atoms with E-state index in [0.29, 0.717) is 18.1 Å². The molecular weight excluding hydrogens is 449 g/mol. The molecule has 4 rings (SSSR count). The van der Waals surface area contributed by atoms with Gasteiger partial charge in [-0.25, -0.2) is 17.8 Å². The number of thiazole rings is 1. The van der Waals surface area contributed by atoms with Gasteiger partial charge in [-0.05, 0) is 24.3 Å². The van der Waals surface area contributed by atoms with Crippen molar-refractivity contribution in [3.63, 3.8) is 0 Å². The van der Waals surface area contributed by atoms with Gasteiger partial charge in [-0.1, -0.05) is 35.9 Å². The molecule has 3 aromatic rings. The number of nitrogens with one attached hydrogen (secondary N) is 1. The quantitative estimate of drug-likeness (QED) is 0.620. The van der Waals surface area contributed by atoms with E-state index in [9.17, 15) is 17.6 Å². The van der Waals surface area contributed by atoms with E-state index >= 15 is 0 Å². The summed E-state index contributed by atoms with van der Waals surface area (Å²) in [7, 11) is -3.60. The zero-order valence-electron chi connectivity index (χ0n) is 15.6. The second-order valence-electron chi connectivity index (χ2n) is 6.72. The van der Waals surface area contributed by atoms with Crippen LogP contribution in [0.25, 0.3) is 0 Å². The number of aromatic nitrogens is 1. The standard InChI is InChI=1S/C20H17ClFN3O3S2/c21-15-7-4-8-16(22)14(15)11-19(26)24-20-23-17-9-10-25(12-18(17)29-20)30(27,28)13-5-2-1-3-6-13/h1-8H,9-12H2,(H,23,24,26). The number of amides is 1. The zero-order valence-corrected chi connectivity index (χ0v) is 18.0. The zero-order chi connectivity index (χ0) is 21.3. The molecule has 0 radical (unpaired) electrons. The molecule has 6 nitrogen and oxygen atoms in total. The summed E-state index contributed by atoms with van der Waals surface area (Å²) in [6.07, 6.45) is 0.233. The first-order valence-electron chi connectivity index (χ1n) is 9.11. The van der Waals surface area contributed by atoms with E-state index in [1.54, 1.807) is 30.3 Å². The van der Waals surface area contributed by atoms with Crippen molar-refractivity contribution in [2.24, 2.45) is 0 Å². The summed E-state index contributed by atoms with van der Waals surface area (Å²) in [6, 6.07) is 12.5. The Bertz CT molecular complexity index is 1180. The molecule has 0 fully saturated rings. The lowest BCUT2D eigenvalue weighted by Gasteiger charge is -2.25. The SMILES string of the molecule is O=C(Cc1c(F)cccc1Cl)Nc1nc2c(s1)CN(S(=O)(=O)c1ccccc1)CC2. The number of hydrogen-bond donors (Lipinski definition) is 1. The van der Waals surface area contributed by atoms with Crippen LogP contribution in [0.2, 0.25) is 5.02 Å². The number of anilines is 1. The maximum atomic E-state index is 13.9.